The van der Waals surface area contributed by atoms with Crippen molar-refractivity contribution >= 4 is 11.7 Å². The summed E-state index contributed by atoms with van der Waals surface area (Å²) in [6.07, 6.45) is 1.69. The number of nitrogens with zero attached hydrogens (tertiary/aromatic N) is 3. The Bertz CT molecular complexity index is 958. The zero-order valence-corrected chi connectivity index (χ0v) is 14.1. The van der Waals surface area contributed by atoms with E-state index in [0.29, 0.717) is 5.82 Å². The average molecular weight is 337 g/mol. The molecular weight excluding hydrogens is 318 g/mol. The van der Waals surface area contributed by atoms with Crippen molar-refractivity contribution in [1.82, 2.24) is 20.0 Å². The first kappa shape index (κ1) is 16.6. The van der Waals surface area contributed by atoms with Crippen LogP contribution in [0.15, 0.2) is 47.3 Å². The molecule has 0 spiro atoms. The molecule has 1 amide bonds. The molecule has 0 fully saturated rings. The molecule has 2 N–H and O–H groups in total. The van der Waals surface area contributed by atoms with E-state index in [2.05, 4.69) is 39.7 Å². The molecule has 0 aliphatic rings. The highest BCUT2D eigenvalue weighted by Gasteiger charge is 2.11. The molecule has 0 radical (unpaired) electrons. The van der Waals surface area contributed by atoms with Gasteiger partial charge in [-0.15, -0.1) is 0 Å². The van der Waals surface area contributed by atoms with Gasteiger partial charge in [0, 0.05) is 24.9 Å². The first-order valence-corrected chi connectivity index (χ1v) is 7.97. The van der Waals surface area contributed by atoms with Crippen LogP contribution in [0.4, 0.5) is 5.82 Å². The van der Waals surface area contributed by atoms with Gasteiger partial charge in [-0.1, -0.05) is 24.3 Å². The monoisotopic (exact) mass is 337 g/mol. The van der Waals surface area contributed by atoms with E-state index in [1.807, 2.05) is 12.1 Å². The molecule has 0 aliphatic heterocycles. The quantitative estimate of drug-likeness (QED) is 0.743. The number of nitrogens with one attached hydrogen (secondary N) is 2. The van der Waals surface area contributed by atoms with Crippen LogP contribution >= 0.6 is 0 Å². The Labute approximate surface area is 144 Å². The summed E-state index contributed by atoms with van der Waals surface area (Å²) in [5, 5.41) is 13.6. The van der Waals surface area contributed by atoms with E-state index in [0.717, 1.165) is 23.2 Å². The van der Waals surface area contributed by atoms with Crippen molar-refractivity contribution in [3.05, 3.63) is 75.3 Å². The summed E-state index contributed by atoms with van der Waals surface area (Å²) in [5.41, 5.74) is 3.38. The average Bonchev–Trinajstić information content (AvgIpc) is 3.04. The summed E-state index contributed by atoms with van der Waals surface area (Å²) in [6, 6.07) is 12.8. The zero-order chi connectivity index (χ0) is 17.8. The standard InChI is InChI=1S/C18H19N5O2/c1-12-5-3-4-6-13(12)7-8-14-11-16(21-20-14)19-18(25)15-9-10-17(24)23(2)22-15/h3-6,9-11H,7-8H2,1-2H3,(H2,19,20,21,25). The maximum atomic E-state index is 12.2. The molecule has 7 heteroatoms. The number of aromatic nitrogens is 4. The fourth-order valence-electron chi connectivity index (χ4n) is 2.52. The van der Waals surface area contributed by atoms with Crippen LogP contribution in [0.5, 0.6) is 0 Å². The van der Waals surface area contributed by atoms with Crippen LogP contribution in [-0.2, 0) is 19.9 Å². The largest absolute Gasteiger partial charge is 0.304 e. The highest BCUT2D eigenvalue weighted by molar-refractivity contribution is 6.02. The first-order chi connectivity index (χ1) is 12.0. The van der Waals surface area contributed by atoms with Gasteiger partial charge in [0.05, 0.1) is 0 Å². The van der Waals surface area contributed by atoms with Gasteiger partial charge in [0.15, 0.2) is 5.82 Å². The predicted octanol–water partition coefficient (Wildman–Crippen LogP) is 1.85. The number of H-pyrrole nitrogens is 1. The third-order valence-electron chi connectivity index (χ3n) is 3.99. The minimum Gasteiger partial charge on any atom is -0.304 e. The van der Waals surface area contributed by atoms with E-state index in [-0.39, 0.29) is 11.3 Å². The highest BCUT2D eigenvalue weighted by atomic mass is 16.2. The van der Waals surface area contributed by atoms with Gasteiger partial charge in [-0.05, 0) is 37.0 Å². The van der Waals surface area contributed by atoms with E-state index >= 15 is 0 Å². The third kappa shape index (κ3) is 4.00. The van der Waals surface area contributed by atoms with Gasteiger partial charge in [0.1, 0.15) is 5.69 Å². The van der Waals surface area contributed by atoms with Crippen molar-refractivity contribution in [3.8, 4) is 0 Å². The minimum atomic E-state index is -0.410. The van der Waals surface area contributed by atoms with Crippen molar-refractivity contribution in [2.45, 2.75) is 19.8 Å². The van der Waals surface area contributed by atoms with Gasteiger partial charge in [0.2, 0.25) is 0 Å². The Morgan fingerprint density at radius 3 is 2.76 bits per heavy atom. The van der Waals surface area contributed by atoms with Gasteiger partial charge in [-0.25, -0.2) is 4.68 Å². The molecule has 7 nitrogen and oxygen atoms in total. The Hall–Kier alpha value is -3.22. The highest BCUT2D eigenvalue weighted by Crippen LogP contribution is 2.13. The van der Waals surface area contributed by atoms with Gasteiger partial charge in [-0.3, -0.25) is 14.7 Å². The number of anilines is 1. The SMILES string of the molecule is Cc1ccccc1CCc1cc(NC(=O)c2ccc(=O)n(C)n2)n[nH]1. The van der Waals surface area contributed by atoms with E-state index in [1.54, 1.807) is 6.07 Å². The summed E-state index contributed by atoms with van der Waals surface area (Å²) in [5.74, 6) is 0.0213. The van der Waals surface area contributed by atoms with Crippen LogP contribution in [0.25, 0.3) is 0 Å². The molecule has 0 saturated heterocycles. The number of aryl methyl sites for hydroxylation is 4. The van der Waals surface area contributed by atoms with Crippen molar-refractivity contribution < 1.29 is 4.79 Å². The summed E-state index contributed by atoms with van der Waals surface area (Å²) in [7, 11) is 1.50. The van der Waals surface area contributed by atoms with E-state index in [1.165, 1.54) is 30.3 Å². The summed E-state index contributed by atoms with van der Waals surface area (Å²) >= 11 is 0. The third-order valence-corrected chi connectivity index (χ3v) is 3.99. The summed E-state index contributed by atoms with van der Waals surface area (Å²) < 4.78 is 1.12. The van der Waals surface area contributed by atoms with Gasteiger partial charge in [-0.2, -0.15) is 10.2 Å². The van der Waals surface area contributed by atoms with Crippen molar-refractivity contribution in [2.75, 3.05) is 5.32 Å². The van der Waals surface area contributed by atoms with Crippen molar-refractivity contribution in [1.29, 1.82) is 0 Å². The topological polar surface area (TPSA) is 92.7 Å². The van der Waals surface area contributed by atoms with Crippen LogP contribution in [0.3, 0.4) is 0 Å². The van der Waals surface area contributed by atoms with Gasteiger partial charge >= 0.3 is 0 Å². The normalized spacial score (nSPS) is 10.6. The number of hydrogen-bond donors (Lipinski definition) is 2. The number of carbonyl (C=O) groups excluding carboxylic acids is 1. The lowest BCUT2D eigenvalue weighted by molar-refractivity contribution is 0.101. The van der Waals surface area contributed by atoms with Gasteiger partial charge < -0.3 is 5.32 Å². The van der Waals surface area contributed by atoms with Crippen LogP contribution in [0.2, 0.25) is 0 Å². The summed E-state index contributed by atoms with van der Waals surface area (Å²) in [6.45, 7) is 2.09. The Kier molecular flexibility index (Phi) is 4.74. The molecule has 25 heavy (non-hydrogen) atoms. The second-order valence-corrected chi connectivity index (χ2v) is 5.84. The summed E-state index contributed by atoms with van der Waals surface area (Å²) in [4.78, 5) is 23.5. The Morgan fingerprint density at radius 1 is 1.20 bits per heavy atom. The maximum Gasteiger partial charge on any atom is 0.277 e. The van der Waals surface area contributed by atoms with Crippen molar-refractivity contribution in [3.63, 3.8) is 0 Å². The van der Waals surface area contributed by atoms with Crippen LogP contribution < -0.4 is 10.9 Å². The predicted molar refractivity (Wildman–Crippen MR) is 94.6 cm³/mol. The second-order valence-electron chi connectivity index (χ2n) is 5.84. The molecule has 0 atom stereocenters. The molecule has 128 valence electrons. The molecule has 1 aromatic carbocycles. The second kappa shape index (κ2) is 7.12. The molecule has 0 bridgehead atoms. The lowest BCUT2D eigenvalue weighted by atomic mass is 10.0. The fraction of sp³-hybridized carbons (Fsp3) is 0.222. The molecule has 0 aliphatic carbocycles. The molecule has 3 aromatic rings. The molecule has 0 unspecified atom stereocenters. The molecule has 0 saturated carbocycles. The lowest BCUT2D eigenvalue weighted by Gasteiger charge is -2.03. The minimum absolute atomic E-state index is 0.159. The molecule has 2 aromatic heterocycles. The fourth-order valence-corrected chi connectivity index (χ4v) is 2.52. The van der Waals surface area contributed by atoms with E-state index in [4.69, 9.17) is 0 Å². The first-order valence-electron chi connectivity index (χ1n) is 7.97. The van der Waals surface area contributed by atoms with Crippen LogP contribution in [-0.4, -0.2) is 25.9 Å². The number of amides is 1. The lowest BCUT2D eigenvalue weighted by Crippen LogP contribution is -2.23. The number of benzene rings is 1. The Morgan fingerprint density at radius 2 is 2.00 bits per heavy atom. The maximum absolute atomic E-state index is 12.2. The van der Waals surface area contributed by atoms with Crippen molar-refractivity contribution in [2.24, 2.45) is 7.05 Å². The number of hydrogen-bond acceptors (Lipinski definition) is 4. The van der Waals surface area contributed by atoms with E-state index in [9.17, 15) is 9.59 Å². The van der Waals surface area contributed by atoms with Gasteiger partial charge in [0.25, 0.3) is 11.5 Å². The van der Waals surface area contributed by atoms with E-state index < -0.39 is 5.91 Å². The smallest absolute Gasteiger partial charge is 0.277 e. The number of carbonyl (C=O) groups is 1. The number of aromatic amines is 1. The van der Waals surface area contributed by atoms with Crippen LogP contribution in [0, 0.1) is 6.92 Å². The van der Waals surface area contributed by atoms with Crippen LogP contribution in [0.1, 0.15) is 27.3 Å². The molecule has 2 heterocycles. The molecular formula is C18H19N5O2. The Balaban J connectivity index is 1.63. The number of rotatable bonds is 5. The zero-order valence-electron chi connectivity index (χ0n) is 14.1. The molecule has 3 rings (SSSR count).